The molecule has 0 aliphatic carbocycles. The molecule has 5 nitrogen and oxygen atoms in total. The van der Waals surface area contributed by atoms with E-state index in [0.29, 0.717) is 19.0 Å². The van der Waals surface area contributed by atoms with E-state index in [9.17, 15) is 8.42 Å². The lowest BCUT2D eigenvalue weighted by atomic mass is 9.99. The van der Waals surface area contributed by atoms with Crippen LogP contribution in [-0.4, -0.2) is 45.2 Å². The Kier molecular flexibility index (Phi) is 3.84. The number of anilines is 2. The fourth-order valence-corrected chi connectivity index (χ4v) is 4.48. The van der Waals surface area contributed by atoms with E-state index in [1.54, 1.807) is 4.31 Å². The summed E-state index contributed by atoms with van der Waals surface area (Å²) >= 11 is 0. The molecule has 0 aromatic heterocycles. The number of sulfonamides is 1. The molecule has 1 aromatic rings. The van der Waals surface area contributed by atoms with E-state index in [-0.39, 0.29) is 0 Å². The standard InChI is InChI=1S/C15H23N3O2S/c1-21(19,20)18-8-3-4-12(11-18)10-17-9-7-13-5-2-6-14(16)15(13)17/h2,5-6,12H,3-4,7-11,16H2,1H3. The Hall–Kier alpha value is -1.27. The first-order valence-corrected chi connectivity index (χ1v) is 9.37. The van der Waals surface area contributed by atoms with Gasteiger partial charge in [0.2, 0.25) is 10.0 Å². The van der Waals surface area contributed by atoms with Crippen molar-refractivity contribution in [2.75, 3.05) is 43.1 Å². The predicted molar refractivity (Wildman–Crippen MR) is 85.9 cm³/mol. The Labute approximate surface area is 126 Å². The van der Waals surface area contributed by atoms with Gasteiger partial charge in [-0.3, -0.25) is 0 Å². The molecule has 0 bridgehead atoms. The van der Waals surface area contributed by atoms with Gasteiger partial charge in [0.1, 0.15) is 0 Å². The summed E-state index contributed by atoms with van der Waals surface area (Å²) in [4.78, 5) is 2.33. The molecule has 2 N–H and O–H groups in total. The highest BCUT2D eigenvalue weighted by Crippen LogP contribution is 2.35. The quantitative estimate of drug-likeness (QED) is 0.855. The molecule has 0 spiro atoms. The molecule has 6 heteroatoms. The van der Waals surface area contributed by atoms with Crippen LogP contribution in [0.5, 0.6) is 0 Å². The van der Waals surface area contributed by atoms with Crippen LogP contribution in [0.15, 0.2) is 18.2 Å². The van der Waals surface area contributed by atoms with E-state index in [1.807, 2.05) is 12.1 Å². The fourth-order valence-electron chi connectivity index (χ4n) is 3.54. The third kappa shape index (κ3) is 3.01. The second kappa shape index (κ2) is 5.50. The smallest absolute Gasteiger partial charge is 0.211 e. The first kappa shape index (κ1) is 14.7. The van der Waals surface area contributed by atoms with Gasteiger partial charge in [-0.15, -0.1) is 0 Å². The normalized spacial score (nSPS) is 23.3. The summed E-state index contributed by atoms with van der Waals surface area (Å²) in [6, 6.07) is 6.08. The molecule has 3 rings (SSSR count). The zero-order valence-electron chi connectivity index (χ0n) is 12.5. The molecule has 0 radical (unpaired) electrons. The number of hydrogen-bond acceptors (Lipinski definition) is 4. The molecule has 0 saturated carbocycles. The van der Waals surface area contributed by atoms with Crippen LogP contribution < -0.4 is 10.6 Å². The second-order valence-corrected chi connectivity index (χ2v) is 8.16. The van der Waals surface area contributed by atoms with E-state index < -0.39 is 10.0 Å². The van der Waals surface area contributed by atoms with Crippen LogP contribution in [0.3, 0.4) is 0 Å². The van der Waals surface area contributed by atoms with E-state index in [0.717, 1.165) is 43.7 Å². The van der Waals surface area contributed by atoms with Crippen molar-refractivity contribution < 1.29 is 8.42 Å². The molecule has 0 amide bonds. The lowest BCUT2D eigenvalue weighted by Crippen LogP contribution is -2.43. The Balaban J connectivity index is 1.72. The van der Waals surface area contributed by atoms with Gasteiger partial charge >= 0.3 is 0 Å². The summed E-state index contributed by atoms with van der Waals surface area (Å²) in [5.74, 6) is 0.388. The molecule has 1 aromatic carbocycles. The molecule has 1 atom stereocenters. The summed E-state index contributed by atoms with van der Waals surface area (Å²) in [6.45, 7) is 3.18. The first-order valence-electron chi connectivity index (χ1n) is 7.52. The molecule has 21 heavy (non-hydrogen) atoms. The van der Waals surface area contributed by atoms with Gasteiger partial charge in [0, 0.05) is 26.2 Å². The maximum atomic E-state index is 11.7. The molecule has 1 unspecified atom stereocenters. The molecule has 116 valence electrons. The maximum Gasteiger partial charge on any atom is 0.211 e. The number of rotatable bonds is 3. The van der Waals surface area contributed by atoms with Crippen molar-refractivity contribution in [1.29, 1.82) is 0 Å². The Bertz CT molecular complexity index is 630. The number of para-hydroxylation sites is 1. The topological polar surface area (TPSA) is 66.6 Å². The molecule has 2 heterocycles. The Morgan fingerprint density at radius 3 is 2.90 bits per heavy atom. The van der Waals surface area contributed by atoms with Crippen molar-refractivity contribution in [1.82, 2.24) is 4.31 Å². The zero-order chi connectivity index (χ0) is 15.0. The minimum absolute atomic E-state index is 0.388. The third-order valence-corrected chi connectivity index (χ3v) is 5.82. The summed E-state index contributed by atoms with van der Waals surface area (Å²) in [5, 5.41) is 0. The van der Waals surface area contributed by atoms with Crippen molar-refractivity contribution in [3.8, 4) is 0 Å². The average molecular weight is 309 g/mol. The largest absolute Gasteiger partial charge is 0.397 e. The van der Waals surface area contributed by atoms with Gasteiger partial charge in [0.25, 0.3) is 0 Å². The van der Waals surface area contributed by atoms with Gasteiger partial charge < -0.3 is 10.6 Å². The second-order valence-electron chi connectivity index (χ2n) is 6.18. The molecule has 2 aliphatic rings. The van der Waals surface area contributed by atoms with Gasteiger partial charge in [-0.05, 0) is 36.8 Å². The predicted octanol–water partition coefficient (Wildman–Crippen LogP) is 1.30. The van der Waals surface area contributed by atoms with Crippen molar-refractivity contribution >= 4 is 21.4 Å². The molecule has 1 saturated heterocycles. The summed E-state index contributed by atoms with van der Waals surface area (Å²) < 4.78 is 25.0. The van der Waals surface area contributed by atoms with Crippen LogP contribution >= 0.6 is 0 Å². The number of nitrogen functional groups attached to an aromatic ring is 1. The molecule has 2 aliphatic heterocycles. The van der Waals surface area contributed by atoms with Crippen LogP contribution in [0.25, 0.3) is 0 Å². The third-order valence-electron chi connectivity index (χ3n) is 4.55. The average Bonchev–Trinajstić information content (AvgIpc) is 2.83. The van der Waals surface area contributed by atoms with Crippen molar-refractivity contribution in [3.05, 3.63) is 23.8 Å². The first-order chi connectivity index (χ1) is 9.95. The highest BCUT2D eigenvalue weighted by atomic mass is 32.2. The summed E-state index contributed by atoms with van der Waals surface area (Å²) in [6.07, 6.45) is 4.37. The van der Waals surface area contributed by atoms with Gasteiger partial charge in [-0.1, -0.05) is 12.1 Å². The van der Waals surface area contributed by atoms with Crippen LogP contribution in [0.4, 0.5) is 11.4 Å². The monoisotopic (exact) mass is 309 g/mol. The minimum atomic E-state index is -3.07. The van der Waals surface area contributed by atoms with E-state index in [1.165, 1.54) is 11.8 Å². The van der Waals surface area contributed by atoms with E-state index in [4.69, 9.17) is 5.73 Å². The maximum absolute atomic E-state index is 11.7. The summed E-state index contributed by atoms with van der Waals surface area (Å²) in [7, 11) is -3.07. The highest BCUT2D eigenvalue weighted by Gasteiger charge is 2.29. The van der Waals surface area contributed by atoms with Crippen molar-refractivity contribution in [3.63, 3.8) is 0 Å². The van der Waals surface area contributed by atoms with Crippen LogP contribution in [0.2, 0.25) is 0 Å². The van der Waals surface area contributed by atoms with Crippen molar-refractivity contribution in [2.24, 2.45) is 5.92 Å². The number of fused-ring (bicyclic) bond motifs is 1. The fraction of sp³-hybridized carbons (Fsp3) is 0.600. The van der Waals surface area contributed by atoms with Crippen molar-refractivity contribution in [2.45, 2.75) is 19.3 Å². The summed E-state index contributed by atoms with van der Waals surface area (Å²) in [5.41, 5.74) is 9.42. The number of piperidine rings is 1. The van der Waals surface area contributed by atoms with Gasteiger partial charge in [0.05, 0.1) is 17.6 Å². The molecule has 1 fully saturated rings. The van der Waals surface area contributed by atoms with Gasteiger partial charge in [-0.2, -0.15) is 0 Å². The Morgan fingerprint density at radius 1 is 1.33 bits per heavy atom. The lowest BCUT2D eigenvalue weighted by molar-refractivity contribution is 0.270. The highest BCUT2D eigenvalue weighted by molar-refractivity contribution is 7.88. The molecular formula is C15H23N3O2S. The Morgan fingerprint density at radius 2 is 2.14 bits per heavy atom. The number of nitrogens with zero attached hydrogens (tertiary/aromatic N) is 2. The number of benzene rings is 1. The van der Waals surface area contributed by atoms with E-state index in [2.05, 4.69) is 11.0 Å². The van der Waals surface area contributed by atoms with Crippen LogP contribution in [0.1, 0.15) is 18.4 Å². The van der Waals surface area contributed by atoms with Gasteiger partial charge in [-0.25, -0.2) is 12.7 Å². The number of nitrogens with two attached hydrogens (primary N) is 1. The SMILES string of the molecule is CS(=O)(=O)N1CCCC(CN2CCc3cccc(N)c32)C1. The van der Waals surface area contributed by atoms with Crippen LogP contribution in [-0.2, 0) is 16.4 Å². The zero-order valence-corrected chi connectivity index (χ0v) is 13.3. The van der Waals surface area contributed by atoms with Crippen LogP contribution in [0, 0.1) is 5.92 Å². The lowest BCUT2D eigenvalue weighted by Gasteiger charge is -2.34. The molecular weight excluding hydrogens is 286 g/mol. The number of hydrogen-bond donors (Lipinski definition) is 1. The van der Waals surface area contributed by atoms with Gasteiger partial charge in [0.15, 0.2) is 0 Å². The van der Waals surface area contributed by atoms with E-state index >= 15 is 0 Å². The minimum Gasteiger partial charge on any atom is -0.397 e.